The molecule has 1 amide bonds. The second kappa shape index (κ2) is 4.69. The summed E-state index contributed by atoms with van der Waals surface area (Å²) in [6.07, 6.45) is 3.46. The van der Waals surface area contributed by atoms with Crippen LogP contribution in [0.5, 0.6) is 0 Å². The number of aliphatic imine (C=N–C) groups is 1. The van der Waals surface area contributed by atoms with Crippen LogP contribution in [0.3, 0.4) is 0 Å². The Bertz CT molecular complexity index is 590. The lowest BCUT2D eigenvalue weighted by Gasteiger charge is -2.35. The van der Waals surface area contributed by atoms with Crippen molar-refractivity contribution in [3.63, 3.8) is 0 Å². The normalized spacial score (nSPS) is 33.3. The van der Waals surface area contributed by atoms with E-state index in [0.717, 1.165) is 12.0 Å². The van der Waals surface area contributed by atoms with Crippen molar-refractivity contribution < 1.29 is 4.79 Å². The van der Waals surface area contributed by atoms with Crippen LogP contribution in [-0.4, -0.2) is 11.6 Å². The summed E-state index contributed by atoms with van der Waals surface area (Å²) in [7, 11) is 0. The standard InChI is InChI=1S/C18H24N2O/c1-17(2)13-9-10-18(17,3)14(11-13)20-15(16(19)21)12-7-5-4-6-8-12/h4-8,13,15H,9-11H2,1-3H3,(H2,19,21)/t13-,15?,18+/m1/s1. The lowest BCUT2D eigenvalue weighted by molar-refractivity contribution is -0.119. The number of hydrogen-bond donors (Lipinski definition) is 1. The van der Waals surface area contributed by atoms with Crippen molar-refractivity contribution in [3.05, 3.63) is 35.9 Å². The molecule has 2 saturated carbocycles. The number of nitrogens with zero attached hydrogens (tertiary/aromatic N) is 1. The highest BCUT2D eigenvalue weighted by Crippen LogP contribution is 2.64. The van der Waals surface area contributed by atoms with Crippen molar-refractivity contribution in [1.29, 1.82) is 0 Å². The summed E-state index contributed by atoms with van der Waals surface area (Å²) in [5.74, 6) is 0.323. The Hall–Kier alpha value is -1.64. The van der Waals surface area contributed by atoms with Gasteiger partial charge in [-0.05, 0) is 36.2 Å². The van der Waals surface area contributed by atoms with E-state index in [9.17, 15) is 4.79 Å². The molecule has 0 aromatic heterocycles. The predicted octanol–water partition coefficient (Wildman–Crippen LogP) is 3.50. The van der Waals surface area contributed by atoms with Gasteiger partial charge in [0.05, 0.1) is 0 Å². The average Bonchev–Trinajstić information content (AvgIpc) is 2.78. The van der Waals surface area contributed by atoms with Gasteiger partial charge in [0.15, 0.2) is 6.04 Å². The fraction of sp³-hybridized carbons (Fsp3) is 0.556. The first-order valence-electron chi connectivity index (χ1n) is 7.77. The van der Waals surface area contributed by atoms with E-state index in [0.29, 0.717) is 5.92 Å². The average molecular weight is 284 g/mol. The van der Waals surface area contributed by atoms with Gasteiger partial charge in [-0.1, -0.05) is 51.1 Å². The number of hydrogen-bond acceptors (Lipinski definition) is 2. The quantitative estimate of drug-likeness (QED) is 0.907. The Morgan fingerprint density at radius 3 is 2.43 bits per heavy atom. The van der Waals surface area contributed by atoms with Crippen LogP contribution < -0.4 is 5.73 Å². The van der Waals surface area contributed by atoms with Crippen molar-refractivity contribution >= 4 is 11.6 Å². The molecule has 1 aromatic carbocycles. The Balaban J connectivity index is 1.99. The number of amides is 1. The van der Waals surface area contributed by atoms with Gasteiger partial charge in [0.25, 0.3) is 0 Å². The Morgan fingerprint density at radius 1 is 1.29 bits per heavy atom. The van der Waals surface area contributed by atoms with Crippen LogP contribution in [0, 0.1) is 16.7 Å². The second-order valence-corrected chi connectivity index (χ2v) is 7.28. The molecule has 21 heavy (non-hydrogen) atoms. The lowest BCUT2D eigenvalue weighted by Crippen LogP contribution is -2.33. The molecule has 0 radical (unpaired) electrons. The molecule has 0 spiro atoms. The highest BCUT2D eigenvalue weighted by atomic mass is 16.1. The number of rotatable bonds is 3. The first-order chi connectivity index (χ1) is 9.86. The third-order valence-electron chi connectivity index (χ3n) is 6.18. The highest BCUT2D eigenvalue weighted by molar-refractivity contribution is 5.96. The van der Waals surface area contributed by atoms with Gasteiger partial charge in [-0.3, -0.25) is 9.79 Å². The minimum Gasteiger partial charge on any atom is -0.368 e. The van der Waals surface area contributed by atoms with Crippen LogP contribution in [-0.2, 0) is 4.79 Å². The Morgan fingerprint density at radius 2 is 1.95 bits per heavy atom. The van der Waals surface area contributed by atoms with Crippen molar-refractivity contribution in [2.45, 2.75) is 46.1 Å². The molecule has 112 valence electrons. The largest absolute Gasteiger partial charge is 0.368 e. The second-order valence-electron chi connectivity index (χ2n) is 7.28. The molecule has 3 atom stereocenters. The molecule has 0 aliphatic heterocycles. The van der Waals surface area contributed by atoms with Gasteiger partial charge in [0.2, 0.25) is 5.91 Å². The van der Waals surface area contributed by atoms with Crippen LogP contribution in [0.25, 0.3) is 0 Å². The zero-order valence-electron chi connectivity index (χ0n) is 13.1. The third kappa shape index (κ3) is 2.02. The Labute approximate surface area is 126 Å². The first-order valence-corrected chi connectivity index (χ1v) is 7.77. The number of fused-ring (bicyclic) bond motifs is 2. The maximum Gasteiger partial charge on any atom is 0.246 e. The van der Waals surface area contributed by atoms with E-state index in [1.54, 1.807) is 0 Å². The van der Waals surface area contributed by atoms with Crippen molar-refractivity contribution in [3.8, 4) is 0 Å². The molecule has 2 aliphatic rings. The number of benzene rings is 1. The molecule has 2 fully saturated rings. The van der Waals surface area contributed by atoms with E-state index in [2.05, 4.69) is 20.8 Å². The van der Waals surface area contributed by atoms with Gasteiger partial charge in [0, 0.05) is 11.1 Å². The van der Waals surface area contributed by atoms with Gasteiger partial charge in [-0.25, -0.2) is 0 Å². The molecule has 0 saturated heterocycles. The van der Waals surface area contributed by atoms with Crippen LogP contribution in [0.4, 0.5) is 0 Å². The number of nitrogens with two attached hydrogens (primary N) is 1. The fourth-order valence-electron chi connectivity index (χ4n) is 4.22. The third-order valence-corrected chi connectivity index (χ3v) is 6.18. The SMILES string of the molecule is CC1(C)[C@@H]2CC[C@@]1(C)C(=NC(C(N)=O)c1ccccc1)C2. The van der Waals surface area contributed by atoms with Crippen LogP contribution in [0.2, 0.25) is 0 Å². The zero-order valence-corrected chi connectivity index (χ0v) is 13.1. The van der Waals surface area contributed by atoms with Crippen molar-refractivity contribution in [2.75, 3.05) is 0 Å². The predicted molar refractivity (Wildman–Crippen MR) is 85.0 cm³/mol. The monoisotopic (exact) mass is 284 g/mol. The molecule has 2 aliphatic carbocycles. The molecule has 3 rings (SSSR count). The summed E-state index contributed by atoms with van der Waals surface area (Å²) >= 11 is 0. The van der Waals surface area contributed by atoms with E-state index >= 15 is 0 Å². The molecule has 1 unspecified atom stereocenters. The summed E-state index contributed by atoms with van der Waals surface area (Å²) in [6, 6.07) is 9.11. The van der Waals surface area contributed by atoms with E-state index in [-0.39, 0.29) is 16.7 Å². The van der Waals surface area contributed by atoms with Crippen LogP contribution in [0.15, 0.2) is 35.3 Å². The summed E-state index contributed by atoms with van der Waals surface area (Å²) in [5.41, 5.74) is 8.07. The number of carbonyl (C=O) groups excluding carboxylic acids is 1. The maximum atomic E-state index is 11.9. The molecule has 2 N–H and O–H groups in total. The van der Waals surface area contributed by atoms with Gasteiger partial charge in [-0.2, -0.15) is 0 Å². The van der Waals surface area contributed by atoms with E-state index in [1.165, 1.54) is 18.6 Å². The van der Waals surface area contributed by atoms with Gasteiger partial charge in [-0.15, -0.1) is 0 Å². The summed E-state index contributed by atoms with van der Waals surface area (Å²) in [5, 5.41) is 0. The fourth-order valence-corrected chi connectivity index (χ4v) is 4.22. The van der Waals surface area contributed by atoms with Gasteiger partial charge >= 0.3 is 0 Å². The molecular weight excluding hydrogens is 260 g/mol. The smallest absolute Gasteiger partial charge is 0.246 e. The van der Waals surface area contributed by atoms with E-state index < -0.39 is 6.04 Å². The Kier molecular flexibility index (Phi) is 3.19. The molecule has 2 bridgehead atoms. The van der Waals surface area contributed by atoms with Crippen LogP contribution >= 0.6 is 0 Å². The summed E-state index contributed by atoms with van der Waals surface area (Å²) < 4.78 is 0. The number of primary amides is 1. The molecule has 3 heteroatoms. The topological polar surface area (TPSA) is 55.4 Å². The first kappa shape index (κ1) is 14.3. The van der Waals surface area contributed by atoms with E-state index in [1.807, 2.05) is 30.3 Å². The van der Waals surface area contributed by atoms with Gasteiger partial charge < -0.3 is 5.73 Å². The zero-order chi connectivity index (χ0) is 15.3. The lowest BCUT2D eigenvalue weighted by atomic mass is 9.70. The highest BCUT2D eigenvalue weighted by Gasteiger charge is 2.59. The number of carbonyl (C=O) groups is 1. The van der Waals surface area contributed by atoms with Crippen molar-refractivity contribution in [2.24, 2.45) is 27.5 Å². The summed E-state index contributed by atoms with van der Waals surface area (Å²) in [4.78, 5) is 16.7. The molecule has 0 heterocycles. The molecule has 1 aromatic rings. The van der Waals surface area contributed by atoms with Gasteiger partial charge in [0.1, 0.15) is 0 Å². The summed E-state index contributed by atoms with van der Waals surface area (Å²) in [6.45, 7) is 6.99. The van der Waals surface area contributed by atoms with E-state index in [4.69, 9.17) is 10.7 Å². The minimum absolute atomic E-state index is 0.111. The van der Waals surface area contributed by atoms with Crippen LogP contribution in [0.1, 0.15) is 51.6 Å². The minimum atomic E-state index is -0.548. The molecule has 3 nitrogen and oxygen atoms in total. The maximum absolute atomic E-state index is 11.9. The molecular formula is C18H24N2O. The van der Waals surface area contributed by atoms with Crippen molar-refractivity contribution in [1.82, 2.24) is 0 Å².